The number of hydrogen-bond acceptors (Lipinski definition) is 1. The molecule has 0 aliphatic heterocycles. The van der Waals surface area contributed by atoms with Crippen LogP contribution in [0.4, 0.5) is 0 Å². The van der Waals surface area contributed by atoms with E-state index in [2.05, 4.69) is 20.8 Å². The van der Waals surface area contributed by atoms with Crippen LogP contribution in [0.15, 0.2) is 0 Å². The van der Waals surface area contributed by atoms with Gasteiger partial charge in [0.2, 0.25) is 0 Å². The Labute approximate surface area is 64.0 Å². The summed E-state index contributed by atoms with van der Waals surface area (Å²) in [4.78, 5) is 0. The molecule has 2 N–H and O–H groups in total. The molecule has 0 radical (unpaired) electrons. The molecule has 1 aliphatic rings. The molecule has 0 saturated heterocycles. The SMILES string of the molecule is CC(C)(C)CC1(CN)CC1. The lowest BCUT2D eigenvalue weighted by Crippen LogP contribution is -2.21. The fraction of sp³-hybridized carbons (Fsp3) is 1.00. The molecule has 0 aromatic heterocycles. The van der Waals surface area contributed by atoms with Crippen molar-refractivity contribution in [3.05, 3.63) is 0 Å². The normalized spacial score (nSPS) is 22.8. The van der Waals surface area contributed by atoms with Crippen LogP contribution in [0, 0.1) is 10.8 Å². The first kappa shape index (κ1) is 8.06. The molecule has 0 unspecified atom stereocenters. The van der Waals surface area contributed by atoms with Crippen LogP contribution in [0.25, 0.3) is 0 Å². The smallest absolute Gasteiger partial charge is 0.00203 e. The lowest BCUT2D eigenvalue weighted by molar-refractivity contribution is 0.282. The summed E-state index contributed by atoms with van der Waals surface area (Å²) in [5.41, 5.74) is 6.70. The van der Waals surface area contributed by atoms with Gasteiger partial charge < -0.3 is 5.73 Å². The van der Waals surface area contributed by atoms with Crippen molar-refractivity contribution < 1.29 is 0 Å². The zero-order valence-electron chi connectivity index (χ0n) is 7.41. The second-order valence-electron chi connectivity index (χ2n) is 4.94. The van der Waals surface area contributed by atoms with Gasteiger partial charge in [-0.3, -0.25) is 0 Å². The van der Waals surface area contributed by atoms with E-state index < -0.39 is 0 Å². The van der Waals surface area contributed by atoms with Crippen LogP contribution in [-0.4, -0.2) is 6.54 Å². The van der Waals surface area contributed by atoms with Gasteiger partial charge in [0.25, 0.3) is 0 Å². The van der Waals surface area contributed by atoms with Gasteiger partial charge >= 0.3 is 0 Å². The fourth-order valence-electron chi connectivity index (χ4n) is 1.75. The van der Waals surface area contributed by atoms with Gasteiger partial charge in [-0.15, -0.1) is 0 Å². The molecule has 0 amide bonds. The molecule has 0 heterocycles. The van der Waals surface area contributed by atoms with Crippen LogP contribution in [0.2, 0.25) is 0 Å². The zero-order chi connectivity index (χ0) is 7.83. The summed E-state index contributed by atoms with van der Waals surface area (Å²) >= 11 is 0. The third-order valence-corrected chi connectivity index (χ3v) is 2.30. The molecule has 0 aromatic carbocycles. The van der Waals surface area contributed by atoms with Crippen molar-refractivity contribution in [2.45, 2.75) is 40.0 Å². The third kappa shape index (κ3) is 1.98. The van der Waals surface area contributed by atoms with E-state index in [0.717, 1.165) is 6.54 Å². The highest BCUT2D eigenvalue weighted by molar-refractivity contribution is 4.96. The second kappa shape index (κ2) is 2.23. The molecule has 0 bridgehead atoms. The summed E-state index contributed by atoms with van der Waals surface area (Å²) in [5, 5.41) is 0. The Bertz CT molecular complexity index is 117. The Kier molecular flexibility index (Phi) is 1.80. The van der Waals surface area contributed by atoms with Crippen molar-refractivity contribution in [1.82, 2.24) is 0 Å². The van der Waals surface area contributed by atoms with E-state index in [4.69, 9.17) is 5.73 Å². The van der Waals surface area contributed by atoms with Crippen LogP contribution in [0.1, 0.15) is 40.0 Å². The summed E-state index contributed by atoms with van der Waals surface area (Å²) in [6, 6.07) is 0. The standard InChI is InChI=1S/C9H19N/c1-8(2,3)6-9(7-10)4-5-9/h4-7,10H2,1-3H3. The minimum absolute atomic E-state index is 0.468. The first-order valence-corrected chi connectivity index (χ1v) is 4.18. The lowest BCUT2D eigenvalue weighted by atomic mass is 9.83. The third-order valence-electron chi connectivity index (χ3n) is 2.30. The topological polar surface area (TPSA) is 26.0 Å². The lowest BCUT2D eigenvalue weighted by Gasteiger charge is -2.24. The second-order valence-corrected chi connectivity index (χ2v) is 4.94. The largest absolute Gasteiger partial charge is 0.330 e. The average Bonchev–Trinajstić information content (AvgIpc) is 2.45. The van der Waals surface area contributed by atoms with E-state index >= 15 is 0 Å². The Hall–Kier alpha value is -0.0400. The first-order valence-electron chi connectivity index (χ1n) is 4.18. The molecule has 0 spiro atoms. The van der Waals surface area contributed by atoms with Gasteiger partial charge in [0.1, 0.15) is 0 Å². The quantitative estimate of drug-likeness (QED) is 0.626. The van der Waals surface area contributed by atoms with E-state index in [-0.39, 0.29) is 0 Å². The van der Waals surface area contributed by atoms with Crippen molar-refractivity contribution in [1.29, 1.82) is 0 Å². The molecule has 0 atom stereocenters. The van der Waals surface area contributed by atoms with E-state index in [9.17, 15) is 0 Å². The van der Waals surface area contributed by atoms with E-state index in [0.29, 0.717) is 10.8 Å². The Morgan fingerprint density at radius 3 is 1.90 bits per heavy atom. The van der Waals surface area contributed by atoms with Crippen LogP contribution >= 0.6 is 0 Å². The molecule has 1 heteroatoms. The van der Waals surface area contributed by atoms with Crippen molar-refractivity contribution in [3.63, 3.8) is 0 Å². The van der Waals surface area contributed by atoms with Gasteiger partial charge in [-0.1, -0.05) is 20.8 Å². The predicted octanol–water partition coefficient (Wildman–Crippen LogP) is 2.16. The maximum absolute atomic E-state index is 5.68. The van der Waals surface area contributed by atoms with Gasteiger partial charge in [-0.2, -0.15) is 0 Å². The molecule has 60 valence electrons. The summed E-state index contributed by atoms with van der Waals surface area (Å²) in [6.45, 7) is 7.78. The highest BCUT2D eigenvalue weighted by Crippen LogP contribution is 2.52. The summed E-state index contributed by atoms with van der Waals surface area (Å²) in [7, 11) is 0. The molecular formula is C9H19N. The van der Waals surface area contributed by atoms with Crippen molar-refractivity contribution in [3.8, 4) is 0 Å². The van der Waals surface area contributed by atoms with Crippen LogP contribution in [0.3, 0.4) is 0 Å². The van der Waals surface area contributed by atoms with Gasteiger partial charge in [0.15, 0.2) is 0 Å². The molecule has 10 heavy (non-hydrogen) atoms. The zero-order valence-corrected chi connectivity index (χ0v) is 7.41. The van der Waals surface area contributed by atoms with E-state index in [1.165, 1.54) is 19.3 Å². The maximum atomic E-state index is 5.68. The summed E-state index contributed by atoms with van der Waals surface area (Å²) in [5.74, 6) is 0. The molecule has 1 fully saturated rings. The predicted molar refractivity (Wildman–Crippen MR) is 44.8 cm³/mol. The van der Waals surface area contributed by atoms with Crippen molar-refractivity contribution in [2.24, 2.45) is 16.6 Å². The van der Waals surface area contributed by atoms with Gasteiger partial charge in [-0.05, 0) is 36.6 Å². The monoisotopic (exact) mass is 141 g/mol. The van der Waals surface area contributed by atoms with Crippen molar-refractivity contribution in [2.75, 3.05) is 6.54 Å². The minimum Gasteiger partial charge on any atom is -0.330 e. The highest BCUT2D eigenvalue weighted by Gasteiger charge is 2.43. The van der Waals surface area contributed by atoms with Crippen LogP contribution < -0.4 is 5.73 Å². The maximum Gasteiger partial charge on any atom is -0.00203 e. The van der Waals surface area contributed by atoms with Gasteiger partial charge in [0, 0.05) is 0 Å². The van der Waals surface area contributed by atoms with Crippen LogP contribution in [0.5, 0.6) is 0 Å². The number of hydrogen-bond donors (Lipinski definition) is 1. The van der Waals surface area contributed by atoms with E-state index in [1.807, 2.05) is 0 Å². The number of rotatable bonds is 2. The van der Waals surface area contributed by atoms with E-state index in [1.54, 1.807) is 0 Å². The molecule has 0 aromatic rings. The Balaban J connectivity index is 2.38. The molecular weight excluding hydrogens is 122 g/mol. The van der Waals surface area contributed by atoms with Gasteiger partial charge in [-0.25, -0.2) is 0 Å². The molecule has 1 rings (SSSR count). The average molecular weight is 141 g/mol. The first-order chi connectivity index (χ1) is 4.47. The number of nitrogens with two attached hydrogens (primary N) is 1. The fourth-order valence-corrected chi connectivity index (χ4v) is 1.75. The van der Waals surface area contributed by atoms with Gasteiger partial charge in [0.05, 0.1) is 0 Å². The highest BCUT2D eigenvalue weighted by atomic mass is 14.7. The van der Waals surface area contributed by atoms with Crippen molar-refractivity contribution >= 4 is 0 Å². The van der Waals surface area contributed by atoms with Crippen LogP contribution in [-0.2, 0) is 0 Å². The minimum atomic E-state index is 0.468. The molecule has 1 aliphatic carbocycles. The molecule has 1 nitrogen and oxygen atoms in total. The summed E-state index contributed by atoms with van der Waals surface area (Å²) in [6.07, 6.45) is 4.03. The Morgan fingerprint density at radius 2 is 1.80 bits per heavy atom. The summed E-state index contributed by atoms with van der Waals surface area (Å²) < 4.78 is 0. The molecule has 1 saturated carbocycles. The Morgan fingerprint density at radius 1 is 1.30 bits per heavy atom.